The van der Waals surface area contributed by atoms with Gasteiger partial charge in [-0.1, -0.05) is 0 Å². The number of nitrogens with one attached hydrogen (secondary N) is 1. The van der Waals surface area contributed by atoms with Crippen LogP contribution in [0.4, 0.5) is 0 Å². The van der Waals surface area contributed by atoms with Gasteiger partial charge in [0.2, 0.25) is 5.88 Å². The van der Waals surface area contributed by atoms with E-state index in [1.807, 2.05) is 0 Å². The van der Waals surface area contributed by atoms with E-state index < -0.39 is 0 Å². The first-order valence-corrected chi connectivity index (χ1v) is 4.62. The minimum Gasteiger partial charge on any atom is -0.480 e. The van der Waals surface area contributed by atoms with Crippen LogP contribution in [-0.4, -0.2) is 30.0 Å². The van der Waals surface area contributed by atoms with E-state index in [1.54, 1.807) is 13.2 Å². The molecule has 0 aliphatic carbocycles. The highest BCUT2D eigenvalue weighted by molar-refractivity contribution is 5.06. The summed E-state index contributed by atoms with van der Waals surface area (Å²) in [4.78, 5) is 11.4. The zero-order valence-electron chi connectivity index (χ0n) is 8.06. The molecule has 1 N–H and O–H groups in total. The van der Waals surface area contributed by atoms with E-state index >= 15 is 0 Å². The number of rotatable bonds is 3. The molecule has 14 heavy (non-hydrogen) atoms. The Labute approximate surface area is 81.7 Å². The Morgan fingerprint density at radius 1 is 1.64 bits per heavy atom. The summed E-state index contributed by atoms with van der Waals surface area (Å²) in [6, 6.07) is 3.07. The number of ether oxygens (including phenoxy) is 1. The van der Waals surface area contributed by atoms with Crippen LogP contribution >= 0.6 is 0 Å². The van der Waals surface area contributed by atoms with Gasteiger partial charge in [-0.25, -0.2) is 4.68 Å². The molecule has 5 heteroatoms. The third-order valence-corrected chi connectivity index (χ3v) is 2.35. The van der Waals surface area contributed by atoms with Crippen molar-refractivity contribution in [2.45, 2.75) is 6.54 Å². The van der Waals surface area contributed by atoms with Gasteiger partial charge in [-0.05, 0) is 0 Å². The number of hydrogen-bond donors (Lipinski definition) is 1. The van der Waals surface area contributed by atoms with Crippen molar-refractivity contribution in [2.24, 2.45) is 5.92 Å². The smallest absolute Gasteiger partial charge is 0.266 e. The van der Waals surface area contributed by atoms with Crippen molar-refractivity contribution in [3.05, 3.63) is 22.5 Å². The fourth-order valence-corrected chi connectivity index (χ4v) is 1.39. The molecule has 1 fully saturated rings. The predicted molar refractivity (Wildman–Crippen MR) is 51.4 cm³/mol. The monoisotopic (exact) mass is 195 g/mol. The third kappa shape index (κ3) is 1.77. The highest BCUT2D eigenvalue weighted by Crippen LogP contribution is 2.06. The normalized spacial score (nSPS) is 16.4. The van der Waals surface area contributed by atoms with E-state index in [4.69, 9.17) is 4.74 Å². The van der Waals surface area contributed by atoms with Gasteiger partial charge in [-0.3, -0.25) is 4.79 Å². The second kappa shape index (κ2) is 3.79. The molecule has 2 heterocycles. The van der Waals surface area contributed by atoms with Gasteiger partial charge >= 0.3 is 0 Å². The maximum atomic E-state index is 11.4. The van der Waals surface area contributed by atoms with Crippen LogP contribution in [0.15, 0.2) is 16.9 Å². The lowest BCUT2D eigenvalue weighted by Gasteiger charge is -2.26. The van der Waals surface area contributed by atoms with Crippen LogP contribution < -0.4 is 15.6 Å². The molecule has 1 aliphatic heterocycles. The highest BCUT2D eigenvalue weighted by Gasteiger charge is 2.18. The summed E-state index contributed by atoms with van der Waals surface area (Å²) in [7, 11) is 1.54. The van der Waals surface area contributed by atoms with E-state index in [0.29, 0.717) is 18.3 Å². The summed E-state index contributed by atoms with van der Waals surface area (Å²) in [6.45, 7) is 2.60. The van der Waals surface area contributed by atoms with Crippen molar-refractivity contribution in [1.82, 2.24) is 15.1 Å². The molecule has 0 atom stereocenters. The second-order valence-corrected chi connectivity index (χ2v) is 3.42. The quantitative estimate of drug-likeness (QED) is 0.704. The van der Waals surface area contributed by atoms with Gasteiger partial charge in [-0.2, -0.15) is 0 Å². The number of nitrogens with zero attached hydrogens (tertiary/aromatic N) is 2. The largest absolute Gasteiger partial charge is 0.480 e. The molecule has 76 valence electrons. The van der Waals surface area contributed by atoms with Crippen molar-refractivity contribution in [3.63, 3.8) is 0 Å². The maximum absolute atomic E-state index is 11.4. The van der Waals surface area contributed by atoms with Crippen molar-refractivity contribution >= 4 is 0 Å². The molecule has 1 aliphatic rings. The van der Waals surface area contributed by atoms with Crippen molar-refractivity contribution in [3.8, 4) is 5.88 Å². The molecule has 0 bridgehead atoms. The molecule has 1 saturated heterocycles. The van der Waals surface area contributed by atoms with Crippen molar-refractivity contribution in [2.75, 3.05) is 20.2 Å². The molecule has 1 aromatic rings. The van der Waals surface area contributed by atoms with Crippen LogP contribution in [0.3, 0.4) is 0 Å². The van der Waals surface area contributed by atoms with Crippen molar-refractivity contribution < 1.29 is 4.74 Å². The Kier molecular flexibility index (Phi) is 2.49. The fraction of sp³-hybridized carbons (Fsp3) is 0.556. The number of aromatic nitrogens is 2. The SMILES string of the molecule is COc1ccc(=O)n(CC2CNC2)n1. The third-order valence-electron chi connectivity index (χ3n) is 2.35. The molecule has 2 rings (SSSR count). The van der Waals surface area contributed by atoms with Gasteiger partial charge < -0.3 is 10.1 Å². The topological polar surface area (TPSA) is 56.1 Å². The predicted octanol–water partition coefficient (Wildman–Crippen LogP) is -0.529. The summed E-state index contributed by atoms with van der Waals surface area (Å²) in [6.07, 6.45) is 0. The first-order valence-electron chi connectivity index (χ1n) is 4.62. The molecule has 0 radical (unpaired) electrons. The first kappa shape index (κ1) is 9.21. The van der Waals surface area contributed by atoms with Crippen LogP contribution in [0.2, 0.25) is 0 Å². The molecular formula is C9H13N3O2. The standard InChI is InChI=1S/C9H13N3O2/c1-14-8-2-3-9(13)12(11-8)6-7-4-10-5-7/h2-3,7,10H,4-6H2,1H3. The summed E-state index contributed by atoms with van der Waals surface area (Å²) in [5.74, 6) is 1.00. The number of hydrogen-bond acceptors (Lipinski definition) is 4. The fourth-order valence-electron chi connectivity index (χ4n) is 1.39. The lowest BCUT2D eigenvalue weighted by molar-refractivity contribution is 0.281. The van der Waals surface area contributed by atoms with Crippen LogP contribution in [0, 0.1) is 5.92 Å². The average molecular weight is 195 g/mol. The first-order chi connectivity index (χ1) is 6.79. The minimum absolute atomic E-state index is 0.0716. The van der Waals surface area contributed by atoms with Crippen LogP contribution in [-0.2, 0) is 6.54 Å². The molecule has 5 nitrogen and oxygen atoms in total. The highest BCUT2D eigenvalue weighted by atomic mass is 16.5. The molecule has 0 saturated carbocycles. The van der Waals surface area contributed by atoms with Gasteiger partial charge in [-0.15, -0.1) is 5.10 Å². The average Bonchev–Trinajstić information content (AvgIpc) is 2.14. The van der Waals surface area contributed by atoms with E-state index in [1.165, 1.54) is 10.7 Å². The van der Waals surface area contributed by atoms with Gasteiger partial charge in [0.15, 0.2) is 0 Å². The lowest BCUT2D eigenvalue weighted by atomic mass is 10.0. The minimum atomic E-state index is -0.0716. The van der Waals surface area contributed by atoms with Gasteiger partial charge in [0.1, 0.15) is 0 Å². The van der Waals surface area contributed by atoms with E-state index in [0.717, 1.165) is 13.1 Å². The Balaban J connectivity index is 2.17. The van der Waals surface area contributed by atoms with Gasteiger partial charge in [0, 0.05) is 31.1 Å². The molecule has 1 aromatic heterocycles. The molecular weight excluding hydrogens is 182 g/mol. The number of methoxy groups -OCH3 is 1. The summed E-state index contributed by atoms with van der Waals surface area (Å²) >= 11 is 0. The summed E-state index contributed by atoms with van der Waals surface area (Å²) in [5, 5.41) is 7.22. The zero-order chi connectivity index (χ0) is 9.97. The van der Waals surface area contributed by atoms with Crippen LogP contribution in [0.5, 0.6) is 5.88 Å². The van der Waals surface area contributed by atoms with E-state index in [9.17, 15) is 4.79 Å². The van der Waals surface area contributed by atoms with E-state index in [-0.39, 0.29) is 5.56 Å². The van der Waals surface area contributed by atoms with Gasteiger partial charge in [0.25, 0.3) is 5.56 Å². The zero-order valence-corrected chi connectivity index (χ0v) is 8.06. The Hall–Kier alpha value is -1.36. The summed E-state index contributed by atoms with van der Waals surface area (Å²) < 4.78 is 6.42. The summed E-state index contributed by atoms with van der Waals surface area (Å²) in [5.41, 5.74) is -0.0716. The molecule has 0 aromatic carbocycles. The van der Waals surface area contributed by atoms with E-state index in [2.05, 4.69) is 10.4 Å². The second-order valence-electron chi connectivity index (χ2n) is 3.42. The maximum Gasteiger partial charge on any atom is 0.266 e. The lowest BCUT2D eigenvalue weighted by Crippen LogP contribution is -2.45. The van der Waals surface area contributed by atoms with Crippen molar-refractivity contribution in [1.29, 1.82) is 0 Å². The van der Waals surface area contributed by atoms with Crippen LogP contribution in [0.1, 0.15) is 0 Å². The molecule has 0 amide bonds. The van der Waals surface area contributed by atoms with Crippen LogP contribution in [0.25, 0.3) is 0 Å². The molecule has 0 unspecified atom stereocenters. The molecule has 0 spiro atoms. The Bertz CT molecular complexity index is 371. The Morgan fingerprint density at radius 2 is 2.43 bits per heavy atom. The Morgan fingerprint density at radius 3 is 3.00 bits per heavy atom. The van der Waals surface area contributed by atoms with Gasteiger partial charge in [0.05, 0.1) is 13.7 Å².